The van der Waals surface area contributed by atoms with E-state index in [0.29, 0.717) is 37.0 Å². The molecule has 1 unspecified atom stereocenters. The van der Waals surface area contributed by atoms with Crippen molar-refractivity contribution in [3.05, 3.63) is 30.3 Å². The zero-order valence-corrected chi connectivity index (χ0v) is 9.57. The minimum Gasteiger partial charge on any atom is -0.380 e. The van der Waals surface area contributed by atoms with E-state index in [1.54, 1.807) is 12.3 Å². The van der Waals surface area contributed by atoms with Crippen molar-refractivity contribution in [3.8, 4) is 11.5 Å². The molecule has 92 valence electrons. The molecule has 0 spiro atoms. The van der Waals surface area contributed by atoms with Crippen molar-refractivity contribution in [2.24, 2.45) is 0 Å². The second-order valence-electron chi connectivity index (χ2n) is 4.02. The van der Waals surface area contributed by atoms with Crippen LogP contribution in [0.5, 0.6) is 0 Å². The zero-order chi connectivity index (χ0) is 12.4. The van der Waals surface area contributed by atoms with Crippen LogP contribution in [0.1, 0.15) is 18.2 Å². The van der Waals surface area contributed by atoms with E-state index in [-0.39, 0.29) is 5.78 Å². The normalized spacial score (nSPS) is 20.0. The van der Waals surface area contributed by atoms with Crippen LogP contribution in [0.4, 0.5) is 0 Å². The van der Waals surface area contributed by atoms with Gasteiger partial charge in [-0.25, -0.2) is 0 Å². The Balaban J connectivity index is 1.87. The summed E-state index contributed by atoms with van der Waals surface area (Å²) in [5, 5.41) is 3.84. The molecule has 3 rings (SSSR count). The number of ether oxygens (including phenoxy) is 1. The van der Waals surface area contributed by atoms with Crippen molar-refractivity contribution < 1.29 is 14.1 Å². The van der Waals surface area contributed by atoms with Gasteiger partial charge in [0.2, 0.25) is 11.7 Å². The first-order valence-electron chi connectivity index (χ1n) is 5.70. The number of rotatable bonds is 2. The highest BCUT2D eigenvalue weighted by atomic mass is 16.5. The van der Waals surface area contributed by atoms with Crippen LogP contribution in [0.3, 0.4) is 0 Å². The highest BCUT2D eigenvalue weighted by molar-refractivity contribution is 5.85. The summed E-state index contributed by atoms with van der Waals surface area (Å²) in [4.78, 5) is 20.1. The van der Waals surface area contributed by atoms with Crippen LogP contribution in [-0.4, -0.2) is 34.1 Å². The Morgan fingerprint density at radius 2 is 2.28 bits per heavy atom. The van der Waals surface area contributed by atoms with E-state index < -0.39 is 5.92 Å². The number of carbonyl (C=O) groups is 1. The van der Waals surface area contributed by atoms with Crippen LogP contribution in [0, 0.1) is 0 Å². The number of hydrogen-bond donors (Lipinski definition) is 0. The van der Waals surface area contributed by atoms with Gasteiger partial charge in [0, 0.05) is 12.6 Å². The van der Waals surface area contributed by atoms with Gasteiger partial charge >= 0.3 is 0 Å². The number of hydrogen-bond acceptors (Lipinski definition) is 6. The lowest BCUT2D eigenvalue weighted by Crippen LogP contribution is -2.25. The molecule has 1 fully saturated rings. The van der Waals surface area contributed by atoms with Crippen LogP contribution in [-0.2, 0) is 9.53 Å². The Morgan fingerprint density at radius 1 is 1.33 bits per heavy atom. The molecule has 0 amide bonds. The van der Waals surface area contributed by atoms with Crippen molar-refractivity contribution >= 4 is 5.78 Å². The van der Waals surface area contributed by atoms with Crippen LogP contribution >= 0.6 is 0 Å². The Bertz CT molecular complexity index is 553. The van der Waals surface area contributed by atoms with Gasteiger partial charge in [-0.1, -0.05) is 11.2 Å². The molecule has 3 heterocycles. The summed E-state index contributed by atoms with van der Waals surface area (Å²) in [7, 11) is 0. The highest BCUT2D eigenvalue weighted by Crippen LogP contribution is 2.23. The summed E-state index contributed by atoms with van der Waals surface area (Å²) in [5.74, 6) is 0.338. The fraction of sp³-hybridized carbons (Fsp3) is 0.333. The predicted octanol–water partition coefficient (Wildman–Crippen LogP) is 1.20. The molecule has 1 aliphatic rings. The third-order valence-electron chi connectivity index (χ3n) is 2.80. The van der Waals surface area contributed by atoms with Gasteiger partial charge in [0.25, 0.3) is 0 Å². The average Bonchev–Trinajstić information content (AvgIpc) is 2.90. The second kappa shape index (κ2) is 4.66. The molecule has 1 saturated heterocycles. The standard InChI is InChI=1S/C12H11N3O3/c16-10-4-6-17-7-8(10)12-14-11(15-18-12)9-3-1-2-5-13-9/h1-3,5,8H,4,6-7H2. The van der Waals surface area contributed by atoms with Crippen molar-refractivity contribution in [1.82, 2.24) is 15.1 Å². The third kappa shape index (κ3) is 2.02. The summed E-state index contributed by atoms with van der Waals surface area (Å²) >= 11 is 0. The Morgan fingerprint density at radius 3 is 3.06 bits per heavy atom. The molecule has 2 aromatic rings. The van der Waals surface area contributed by atoms with E-state index in [0.717, 1.165) is 0 Å². The molecule has 1 aliphatic heterocycles. The number of Topliss-reactive ketones (excluding diaryl/α,β-unsaturated/α-hetero) is 1. The van der Waals surface area contributed by atoms with E-state index >= 15 is 0 Å². The van der Waals surface area contributed by atoms with Gasteiger partial charge in [-0.15, -0.1) is 0 Å². The second-order valence-corrected chi connectivity index (χ2v) is 4.02. The van der Waals surface area contributed by atoms with E-state index in [1.165, 1.54) is 0 Å². The first-order valence-corrected chi connectivity index (χ1v) is 5.70. The van der Waals surface area contributed by atoms with Crippen molar-refractivity contribution in [2.75, 3.05) is 13.2 Å². The minimum absolute atomic E-state index is 0.0810. The van der Waals surface area contributed by atoms with E-state index in [1.807, 2.05) is 12.1 Å². The summed E-state index contributed by atoms with van der Waals surface area (Å²) in [6.07, 6.45) is 2.05. The zero-order valence-electron chi connectivity index (χ0n) is 9.57. The van der Waals surface area contributed by atoms with Crippen LogP contribution < -0.4 is 0 Å². The molecule has 2 aromatic heterocycles. The van der Waals surface area contributed by atoms with E-state index in [4.69, 9.17) is 9.26 Å². The van der Waals surface area contributed by atoms with Gasteiger partial charge in [0.05, 0.1) is 13.2 Å². The maximum absolute atomic E-state index is 11.7. The molecule has 0 N–H and O–H groups in total. The van der Waals surface area contributed by atoms with Crippen LogP contribution in [0.2, 0.25) is 0 Å². The molecule has 0 saturated carbocycles. The summed E-state index contributed by atoms with van der Waals surface area (Å²) in [5.41, 5.74) is 0.622. The molecule has 6 nitrogen and oxygen atoms in total. The molecule has 0 aromatic carbocycles. The maximum atomic E-state index is 11.7. The van der Waals surface area contributed by atoms with Gasteiger partial charge < -0.3 is 9.26 Å². The molecule has 18 heavy (non-hydrogen) atoms. The SMILES string of the molecule is O=C1CCOCC1c1nc(-c2ccccn2)no1. The largest absolute Gasteiger partial charge is 0.380 e. The summed E-state index contributed by atoms with van der Waals surface area (Å²) in [6.45, 7) is 0.777. The quantitative estimate of drug-likeness (QED) is 0.791. The molecule has 0 bridgehead atoms. The molecule has 1 atom stereocenters. The first kappa shape index (κ1) is 11.0. The summed E-state index contributed by atoms with van der Waals surface area (Å²) < 4.78 is 10.4. The Hall–Kier alpha value is -2.08. The molecule has 6 heteroatoms. The van der Waals surface area contributed by atoms with Crippen LogP contribution in [0.15, 0.2) is 28.9 Å². The lowest BCUT2D eigenvalue weighted by molar-refractivity contribution is -0.127. The maximum Gasteiger partial charge on any atom is 0.239 e. The van der Waals surface area contributed by atoms with Crippen molar-refractivity contribution in [3.63, 3.8) is 0 Å². The lowest BCUT2D eigenvalue weighted by Gasteiger charge is -2.16. The number of ketones is 1. The number of carbonyl (C=O) groups excluding carboxylic acids is 1. The van der Waals surface area contributed by atoms with Crippen LogP contribution in [0.25, 0.3) is 11.5 Å². The number of nitrogens with zero attached hydrogens (tertiary/aromatic N) is 3. The molecular formula is C12H11N3O3. The average molecular weight is 245 g/mol. The van der Waals surface area contributed by atoms with Gasteiger partial charge in [-0.3, -0.25) is 9.78 Å². The number of aromatic nitrogens is 3. The summed E-state index contributed by atoms with van der Waals surface area (Å²) in [6, 6.07) is 5.43. The monoisotopic (exact) mass is 245 g/mol. The molecular weight excluding hydrogens is 234 g/mol. The van der Waals surface area contributed by atoms with Crippen molar-refractivity contribution in [1.29, 1.82) is 0 Å². The molecule has 0 aliphatic carbocycles. The smallest absolute Gasteiger partial charge is 0.239 e. The predicted molar refractivity (Wildman–Crippen MR) is 60.7 cm³/mol. The van der Waals surface area contributed by atoms with Gasteiger partial charge in [-0.2, -0.15) is 4.98 Å². The van der Waals surface area contributed by atoms with E-state index in [2.05, 4.69) is 15.1 Å². The fourth-order valence-electron chi connectivity index (χ4n) is 1.83. The van der Waals surface area contributed by atoms with Gasteiger partial charge in [0.1, 0.15) is 17.4 Å². The van der Waals surface area contributed by atoms with E-state index in [9.17, 15) is 4.79 Å². The third-order valence-corrected chi connectivity index (χ3v) is 2.80. The Labute approximate surface area is 103 Å². The van der Waals surface area contributed by atoms with Gasteiger partial charge in [-0.05, 0) is 12.1 Å². The Kier molecular flexibility index (Phi) is 2.85. The minimum atomic E-state index is -0.441. The van der Waals surface area contributed by atoms with Gasteiger partial charge in [0.15, 0.2) is 0 Å². The molecule has 0 radical (unpaired) electrons. The lowest BCUT2D eigenvalue weighted by atomic mass is 10.0. The fourth-order valence-corrected chi connectivity index (χ4v) is 1.83. The topological polar surface area (TPSA) is 78.1 Å². The number of pyridine rings is 1. The first-order chi connectivity index (χ1) is 8.84. The van der Waals surface area contributed by atoms with Crippen molar-refractivity contribution in [2.45, 2.75) is 12.3 Å². The highest BCUT2D eigenvalue weighted by Gasteiger charge is 2.29.